The maximum absolute atomic E-state index is 6.99. The van der Waals surface area contributed by atoms with Gasteiger partial charge in [-0.15, -0.1) is 0 Å². The zero-order valence-electron chi connectivity index (χ0n) is 15.4. The van der Waals surface area contributed by atoms with Crippen LogP contribution < -0.4 is 15.9 Å². The van der Waals surface area contributed by atoms with E-state index in [2.05, 4.69) is 97.9 Å². The minimum Gasteiger partial charge on any atom is -0.0885 e. The lowest BCUT2D eigenvalue weighted by atomic mass is 10.2. The number of rotatable bonds is 4. The van der Waals surface area contributed by atoms with Gasteiger partial charge in [0.2, 0.25) is 0 Å². The average molecular weight is 409 g/mol. The summed E-state index contributed by atoms with van der Waals surface area (Å²) in [4.78, 5) is 0. The summed E-state index contributed by atoms with van der Waals surface area (Å²) >= 11 is 6.99. The quantitative estimate of drug-likeness (QED) is 0.477. The number of hydrogen-bond acceptors (Lipinski definition) is 0. The highest BCUT2D eigenvalue weighted by Crippen LogP contribution is 2.54. The van der Waals surface area contributed by atoms with E-state index in [1.54, 1.807) is 0 Å². The Labute approximate surface area is 169 Å². The van der Waals surface area contributed by atoms with Crippen LogP contribution in [-0.2, 0) is 0 Å². The topological polar surface area (TPSA) is 0 Å². The monoisotopic (exact) mass is 408 g/mol. The van der Waals surface area contributed by atoms with E-state index >= 15 is 0 Å². The van der Waals surface area contributed by atoms with Crippen molar-refractivity contribution < 1.29 is 0 Å². The van der Waals surface area contributed by atoms with Crippen molar-refractivity contribution in [3.05, 3.63) is 102 Å². The summed E-state index contributed by atoms with van der Waals surface area (Å²) < 4.78 is 0. The van der Waals surface area contributed by atoms with Crippen LogP contribution in [0.5, 0.6) is 0 Å². The van der Waals surface area contributed by atoms with Crippen LogP contribution in [0.2, 0.25) is 0 Å². The minimum absolute atomic E-state index is 0.211. The fraction of sp³-hybridized carbons (Fsp3) is 0.167. The van der Waals surface area contributed by atoms with Crippen LogP contribution in [0, 0.1) is 0 Å². The second-order valence-corrected chi connectivity index (χ2v) is 12.0. The van der Waals surface area contributed by atoms with E-state index < -0.39 is 7.92 Å². The van der Waals surface area contributed by atoms with E-state index in [0.717, 1.165) is 11.2 Å². The Kier molecular flexibility index (Phi) is 6.09. The third-order valence-electron chi connectivity index (χ3n) is 5.02. The van der Waals surface area contributed by atoms with Crippen molar-refractivity contribution in [3.63, 3.8) is 0 Å². The molecular weight excluding hydrogens is 386 g/mol. The average Bonchev–Trinajstić information content (AvgIpc) is 2.73. The van der Waals surface area contributed by atoms with E-state index in [0.29, 0.717) is 5.66 Å². The van der Waals surface area contributed by atoms with Gasteiger partial charge in [0.15, 0.2) is 0 Å². The molecule has 0 radical (unpaired) electrons. The summed E-state index contributed by atoms with van der Waals surface area (Å²) in [7, 11) is -0.737. The molecule has 0 fully saturated rings. The molecule has 0 amide bonds. The zero-order valence-corrected chi connectivity index (χ0v) is 18.0. The molecule has 0 spiro atoms. The van der Waals surface area contributed by atoms with E-state index in [9.17, 15) is 0 Å². The molecule has 27 heavy (non-hydrogen) atoms. The lowest BCUT2D eigenvalue weighted by molar-refractivity contribution is 1.12. The van der Waals surface area contributed by atoms with E-state index in [4.69, 9.17) is 11.6 Å². The molecule has 136 valence electrons. The molecule has 0 saturated heterocycles. The fourth-order valence-corrected chi connectivity index (χ4v) is 10.5. The first kappa shape index (κ1) is 18.9. The van der Waals surface area contributed by atoms with E-state index in [1.165, 1.54) is 27.6 Å². The number of hydrogen-bond donors (Lipinski definition) is 0. The largest absolute Gasteiger partial charge is 0.0885 e. The van der Waals surface area contributed by atoms with Gasteiger partial charge >= 0.3 is 0 Å². The molecule has 1 aliphatic heterocycles. The predicted octanol–water partition coefficient (Wildman–Crippen LogP) is 5.82. The molecular formula is C24H23ClP2. The molecule has 3 aromatic carbocycles. The third-order valence-corrected chi connectivity index (χ3v) is 11.5. The maximum Gasteiger partial charge on any atom is 0.0272 e. The Hall–Kier alpha value is -1.45. The maximum atomic E-state index is 6.99. The van der Waals surface area contributed by atoms with Crippen molar-refractivity contribution in [2.45, 2.75) is 12.6 Å². The molecule has 3 aromatic rings. The molecule has 1 heterocycles. The number of allylic oxidation sites excluding steroid dienone is 2. The second-order valence-electron chi connectivity index (χ2n) is 6.90. The van der Waals surface area contributed by atoms with Crippen molar-refractivity contribution in [1.29, 1.82) is 0 Å². The standard InChI is InChI=1S/C24H23ClP2/c1-19-17-26(20-11-5-2-6-12-20)18-23(24(19)25)27(21-13-7-3-8-14-21)22-15-9-4-10-16-22/h2-16,23H,17-18H2,1H3/t23-,26?/m1/s1. The SMILES string of the molecule is CC1=C(Cl)[C@H](P(c2ccccc2)c2ccccc2)CP(c2ccccc2)C1. The summed E-state index contributed by atoms with van der Waals surface area (Å²) in [5.74, 6) is 0. The Morgan fingerprint density at radius 2 is 1.26 bits per heavy atom. The highest BCUT2D eigenvalue weighted by molar-refractivity contribution is 7.75. The summed E-state index contributed by atoms with van der Waals surface area (Å²) in [6.45, 7) is 2.23. The molecule has 0 bridgehead atoms. The highest BCUT2D eigenvalue weighted by Gasteiger charge is 2.34. The summed E-state index contributed by atoms with van der Waals surface area (Å²) in [5.41, 5.74) is 1.77. The van der Waals surface area contributed by atoms with Gasteiger partial charge in [-0.05, 0) is 43.1 Å². The number of benzene rings is 3. The molecule has 2 atom stereocenters. The Balaban J connectivity index is 1.77. The van der Waals surface area contributed by atoms with Gasteiger partial charge in [-0.2, -0.15) is 0 Å². The fourth-order valence-electron chi connectivity index (χ4n) is 3.72. The molecule has 1 aliphatic rings. The third kappa shape index (κ3) is 4.20. The first-order valence-corrected chi connectivity index (χ1v) is 12.8. The van der Waals surface area contributed by atoms with Crippen molar-refractivity contribution >= 4 is 43.4 Å². The first-order valence-electron chi connectivity index (χ1n) is 9.28. The normalized spacial score (nSPS) is 20.1. The van der Waals surface area contributed by atoms with Crippen molar-refractivity contribution in [3.8, 4) is 0 Å². The van der Waals surface area contributed by atoms with Crippen LogP contribution >= 0.6 is 27.4 Å². The van der Waals surface area contributed by atoms with Gasteiger partial charge in [0.05, 0.1) is 0 Å². The molecule has 1 unspecified atom stereocenters. The highest BCUT2D eigenvalue weighted by atomic mass is 35.5. The summed E-state index contributed by atoms with van der Waals surface area (Å²) in [6, 6.07) is 32.9. The molecule has 0 saturated carbocycles. The molecule has 0 N–H and O–H groups in total. The van der Waals surface area contributed by atoms with Crippen LogP contribution in [-0.4, -0.2) is 18.0 Å². The lowest BCUT2D eigenvalue weighted by Gasteiger charge is -2.36. The van der Waals surface area contributed by atoms with E-state index in [-0.39, 0.29) is 7.92 Å². The van der Waals surface area contributed by atoms with Crippen molar-refractivity contribution in [1.82, 2.24) is 0 Å². The van der Waals surface area contributed by atoms with E-state index in [1.807, 2.05) is 0 Å². The van der Waals surface area contributed by atoms with Gasteiger partial charge in [-0.1, -0.05) is 116 Å². The Morgan fingerprint density at radius 1 is 0.778 bits per heavy atom. The first-order chi connectivity index (χ1) is 13.2. The summed E-state index contributed by atoms with van der Waals surface area (Å²) in [5, 5.41) is 5.43. The van der Waals surface area contributed by atoms with Crippen LogP contribution in [0.15, 0.2) is 102 Å². The van der Waals surface area contributed by atoms with Crippen LogP contribution in [0.25, 0.3) is 0 Å². The lowest BCUT2D eigenvalue weighted by Crippen LogP contribution is -2.29. The van der Waals surface area contributed by atoms with Gasteiger partial charge in [-0.3, -0.25) is 0 Å². The molecule has 0 nitrogen and oxygen atoms in total. The van der Waals surface area contributed by atoms with Crippen molar-refractivity contribution in [2.24, 2.45) is 0 Å². The van der Waals surface area contributed by atoms with Crippen LogP contribution in [0.3, 0.4) is 0 Å². The number of halogens is 1. The zero-order chi connectivity index (χ0) is 18.6. The Bertz CT molecular complexity index is 867. The minimum atomic E-state index is -0.526. The molecule has 3 heteroatoms. The van der Waals surface area contributed by atoms with Crippen molar-refractivity contribution in [2.75, 3.05) is 12.3 Å². The van der Waals surface area contributed by atoms with Gasteiger partial charge in [0, 0.05) is 10.7 Å². The van der Waals surface area contributed by atoms with Gasteiger partial charge in [0.1, 0.15) is 0 Å². The summed E-state index contributed by atoms with van der Waals surface area (Å²) in [6.07, 6.45) is 2.30. The molecule has 0 aliphatic carbocycles. The molecule has 0 aromatic heterocycles. The predicted molar refractivity (Wildman–Crippen MR) is 124 cm³/mol. The smallest absolute Gasteiger partial charge is 0.0272 e. The molecule has 4 rings (SSSR count). The van der Waals surface area contributed by atoms with Gasteiger partial charge in [-0.25, -0.2) is 0 Å². The van der Waals surface area contributed by atoms with Crippen LogP contribution in [0.1, 0.15) is 6.92 Å². The van der Waals surface area contributed by atoms with Crippen LogP contribution in [0.4, 0.5) is 0 Å². The van der Waals surface area contributed by atoms with Gasteiger partial charge in [0.25, 0.3) is 0 Å². The van der Waals surface area contributed by atoms with Gasteiger partial charge < -0.3 is 0 Å². The second kappa shape index (κ2) is 8.70. The Morgan fingerprint density at radius 3 is 1.78 bits per heavy atom.